The molecule has 0 spiro atoms. The van der Waals surface area contributed by atoms with Crippen LogP contribution < -0.4 is 15.4 Å². The fourth-order valence-electron chi connectivity index (χ4n) is 11.7. The number of fused-ring (bicyclic) bond motifs is 5. The molecule has 24 heteroatoms. The number of carbonyl (C=O) groups excluding carboxylic acids is 4. The van der Waals surface area contributed by atoms with Crippen LogP contribution in [-0.2, 0) is 23.8 Å². The summed E-state index contributed by atoms with van der Waals surface area (Å²) in [5.74, 6) is 1.08. The van der Waals surface area contributed by atoms with Gasteiger partial charge in [0.2, 0.25) is 18.0 Å². The number of hydrogen-bond acceptors (Lipinski definition) is 11. The molecule has 4 aliphatic heterocycles. The first-order valence-electron chi connectivity index (χ1n) is 25.6. The van der Waals surface area contributed by atoms with Crippen molar-refractivity contribution in [2.75, 3.05) is 27.3 Å². The number of hydrogen-bond donors (Lipinski definition) is 4. The van der Waals surface area contributed by atoms with Crippen LogP contribution >= 0.6 is 78.8 Å². The number of nitrogens with zero attached hydrogens (tertiary/aromatic N) is 5. The summed E-state index contributed by atoms with van der Waals surface area (Å²) in [6.45, 7) is 8.78. The number of thiophene rings is 1. The van der Waals surface area contributed by atoms with E-state index >= 15 is 4.39 Å². The number of rotatable bonds is 12. The Morgan fingerprint density at radius 3 is 1.94 bits per heavy atom. The lowest BCUT2D eigenvalue weighted by atomic mass is 9.85. The number of amides is 4. The summed E-state index contributed by atoms with van der Waals surface area (Å²) in [6, 6.07) is 13.6. The SMILES string of the molecule is COC(=O)NC(C(=O)N1CCC[C@H]1c1ncc(-c2ccc3c(c2)cc2n3C(c3ccc(C4CC4)s3)Oc3cc(-c4cnc([C@@H]5CCCN5C(=O)[C@@H](NC(=O)OC)C(C)C)[nH]4)cc(F)c3-2)[nH]1)C1C[C@H](C)O[C@@H](C)C1.S.S.S.S.S. The Hall–Kier alpha value is -4.98. The van der Waals surface area contributed by atoms with Gasteiger partial charge >= 0.3 is 12.2 Å². The number of aromatic amines is 2. The minimum Gasteiger partial charge on any atom is -0.464 e. The van der Waals surface area contributed by atoms with Gasteiger partial charge in [-0.3, -0.25) is 14.2 Å². The third-order valence-electron chi connectivity index (χ3n) is 15.3. The first kappa shape index (κ1) is 62.2. The monoisotopic (exact) mass is 1190 g/mol. The summed E-state index contributed by atoms with van der Waals surface area (Å²) in [7, 11) is 2.57. The summed E-state index contributed by atoms with van der Waals surface area (Å²) in [4.78, 5) is 75.5. The van der Waals surface area contributed by atoms with Crippen LogP contribution in [0.4, 0.5) is 14.0 Å². The number of likely N-dealkylation sites (tertiary alicyclic amines) is 2. The quantitative estimate of drug-likeness (QED) is 0.0915. The van der Waals surface area contributed by atoms with Crippen molar-refractivity contribution in [3.8, 4) is 39.5 Å². The Kier molecular flexibility index (Phi) is 20.5. The maximum atomic E-state index is 17.0. The highest BCUT2D eigenvalue weighted by molar-refractivity contribution is 7.60. The Balaban J connectivity index is 0.00000197. The Morgan fingerprint density at radius 2 is 1.33 bits per heavy atom. The van der Waals surface area contributed by atoms with Crippen molar-refractivity contribution in [1.82, 2.24) is 44.9 Å². The lowest BCUT2D eigenvalue weighted by Gasteiger charge is -2.38. The van der Waals surface area contributed by atoms with Crippen molar-refractivity contribution in [3.05, 3.63) is 88.1 Å². The van der Waals surface area contributed by atoms with E-state index in [0.717, 1.165) is 52.7 Å². The van der Waals surface area contributed by atoms with Crippen LogP contribution in [0.25, 0.3) is 44.7 Å². The normalized spacial score (nSPS) is 21.9. The number of aromatic nitrogens is 5. The van der Waals surface area contributed by atoms with Gasteiger partial charge in [0.15, 0.2) is 0 Å². The van der Waals surface area contributed by atoms with Gasteiger partial charge in [0.1, 0.15) is 35.3 Å². The van der Waals surface area contributed by atoms with Gasteiger partial charge in [0.25, 0.3) is 0 Å². The number of ether oxygens (including phenoxy) is 4. The number of H-pyrrole nitrogens is 2. The zero-order valence-electron chi connectivity index (χ0n) is 44.4. The predicted octanol–water partition coefficient (Wildman–Crippen LogP) is 10.3. The van der Waals surface area contributed by atoms with Crippen molar-refractivity contribution in [1.29, 1.82) is 0 Å². The molecule has 7 atom stereocenters. The Bertz CT molecular complexity index is 3100. The maximum absolute atomic E-state index is 17.0. The lowest BCUT2D eigenvalue weighted by Crippen LogP contribution is -2.54. The smallest absolute Gasteiger partial charge is 0.407 e. The van der Waals surface area contributed by atoms with Crippen molar-refractivity contribution >= 4 is 114 Å². The number of methoxy groups -OCH3 is 2. The van der Waals surface area contributed by atoms with Crippen molar-refractivity contribution in [2.24, 2.45) is 11.8 Å². The molecule has 4 N–H and O–H groups in total. The van der Waals surface area contributed by atoms with Crippen LogP contribution in [0.3, 0.4) is 0 Å². The lowest BCUT2D eigenvalue weighted by molar-refractivity contribution is -0.138. The first-order chi connectivity index (χ1) is 35.3. The number of alkyl carbamates (subject to hydrolysis) is 2. The van der Waals surface area contributed by atoms with E-state index in [9.17, 15) is 19.2 Å². The second-order valence-corrected chi connectivity index (χ2v) is 21.8. The predicted molar refractivity (Wildman–Crippen MR) is 323 cm³/mol. The largest absolute Gasteiger partial charge is 0.464 e. The Labute approximate surface area is 492 Å². The summed E-state index contributed by atoms with van der Waals surface area (Å²) >= 11 is 1.73. The molecule has 1 saturated carbocycles. The molecule has 1 aliphatic carbocycles. The number of nitrogens with one attached hydrogen (secondary N) is 4. The Morgan fingerprint density at radius 1 is 0.744 bits per heavy atom. The van der Waals surface area contributed by atoms with Crippen LogP contribution in [-0.4, -0.2) is 110 Å². The molecule has 8 heterocycles. The number of benzene rings is 2. The highest BCUT2D eigenvalue weighted by Gasteiger charge is 2.43. The van der Waals surface area contributed by atoms with Gasteiger partial charge in [-0.1, -0.05) is 19.9 Å². The van der Waals surface area contributed by atoms with E-state index in [1.54, 1.807) is 28.6 Å². The molecule has 424 valence electrons. The van der Waals surface area contributed by atoms with Crippen LogP contribution in [0.15, 0.2) is 60.9 Å². The topological polar surface area (TPSA) is 198 Å². The summed E-state index contributed by atoms with van der Waals surface area (Å²) in [5.41, 5.74) is 4.69. The standard InChI is InChI=1S/C54H62FN9O8S.5H2S/c1-27(2)46(60-53(67)69-5)50(65)62-17-7-9-39(62)49-57-26-37(59-49)32-22-35(55)45-41-23-33-21-31(13-14-38(33)64(41)52(72-42(45)24-32)44-16-15-43(73-44)30-11-12-30)36-25-56-48(58-36)40-10-8-18-63(40)51(66)47(61-54(68)70-6)34-19-28(3)71-29(4)20-34;;;;;/h13-16,21-30,34,39-40,46-47,52H,7-12,17-20H2,1-6H3,(H,56,58)(H,57,59)(H,60,67)(H,61,68);5*1H2/t28-,29-,39-,40-,46-,47?,52?;;;;;/m0...../s1. The van der Waals surface area contributed by atoms with E-state index < -0.39 is 36.3 Å². The van der Waals surface area contributed by atoms with Gasteiger partial charge in [0, 0.05) is 34.5 Å². The number of carbonyl (C=O) groups is 4. The minimum atomic E-state index is -0.771. The third-order valence-corrected chi connectivity index (χ3v) is 16.6. The van der Waals surface area contributed by atoms with Crippen LogP contribution in [0.1, 0.15) is 125 Å². The average Bonchev–Trinajstić information content (AvgIpc) is 4.12. The van der Waals surface area contributed by atoms with Crippen molar-refractivity contribution in [2.45, 2.75) is 128 Å². The third kappa shape index (κ3) is 12.0. The van der Waals surface area contributed by atoms with Crippen molar-refractivity contribution < 1.29 is 42.5 Å². The van der Waals surface area contributed by atoms with Gasteiger partial charge in [-0.15, -0.1) is 11.3 Å². The summed E-state index contributed by atoms with van der Waals surface area (Å²) in [5, 5.41) is 6.45. The minimum absolute atomic E-state index is 0. The molecule has 4 amide bonds. The van der Waals surface area contributed by atoms with E-state index in [4.69, 9.17) is 28.9 Å². The molecule has 0 radical (unpaired) electrons. The molecule has 78 heavy (non-hydrogen) atoms. The van der Waals surface area contributed by atoms with Crippen LogP contribution in [0.5, 0.6) is 5.75 Å². The molecule has 5 aliphatic rings. The summed E-state index contributed by atoms with van der Waals surface area (Å²) < 4.78 is 41.8. The second kappa shape index (κ2) is 25.6. The molecule has 2 aromatic carbocycles. The fourth-order valence-corrected chi connectivity index (χ4v) is 12.9. The van der Waals surface area contributed by atoms with E-state index in [1.165, 1.54) is 25.2 Å². The second-order valence-electron chi connectivity index (χ2n) is 20.7. The molecule has 17 nitrogen and oxygen atoms in total. The van der Waals surface area contributed by atoms with Crippen LogP contribution in [0, 0.1) is 17.7 Å². The first-order valence-corrected chi connectivity index (χ1v) is 26.4. The van der Waals surface area contributed by atoms with Crippen LogP contribution in [0.2, 0.25) is 0 Å². The van der Waals surface area contributed by atoms with Gasteiger partial charge in [-0.05, 0) is 125 Å². The molecule has 4 fully saturated rings. The maximum Gasteiger partial charge on any atom is 0.407 e. The van der Waals surface area contributed by atoms with E-state index in [0.29, 0.717) is 84.6 Å². The van der Waals surface area contributed by atoms with Crippen molar-refractivity contribution in [3.63, 3.8) is 0 Å². The van der Waals surface area contributed by atoms with E-state index in [1.807, 2.05) is 56.9 Å². The summed E-state index contributed by atoms with van der Waals surface area (Å²) in [6.07, 6.45) is 8.02. The fraction of sp³-hybridized carbons (Fsp3) is 0.481. The van der Waals surface area contributed by atoms with Gasteiger partial charge in [0.05, 0.1) is 83.9 Å². The highest BCUT2D eigenvalue weighted by atomic mass is 32.1. The molecule has 2 unspecified atom stereocenters. The zero-order chi connectivity index (χ0) is 50.8. The number of imidazole rings is 2. The molecule has 4 aromatic heterocycles. The number of halogens is 1. The molecule has 11 rings (SSSR count). The molecule has 3 saturated heterocycles. The zero-order valence-corrected chi connectivity index (χ0v) is 50.2. The van der Waals surface area contributed by atoms with Gasteiger partial charge < -0.3 is 49.3 Å². The van der Waals surface area contributed by atoms with E-state index in [-0.39, 0.29) is 115 Å². The molecule has 0 bridgehead atoms. The molecular weight excluding hydrogens is 1110 g/mol. The van der Waals surface area contributed by atoms with Gasteiger partial charge in [-0.25, -0.2) is 23.9 Å². The van der Waals surface area contributed by atoms with E-state index in [2.05, 4.69) is 43.4 Å². The highest BCUT2D eigenvalue weighted by Crippen LogP contribution is 2.50. The molecular formula is C54H72FN9O8S6. The average molecular weight is 1190 g/mol. The molecule has 6 aromatic rings. The van der Waals surface area contributed by atoms with Gasteiger partial charge in [-0.2, -0.15) is 67.5 Å².